The molecule has 1 heterocycles. The van der Waals surface area contributed by atoms with Gasteiger partial charge in [-0.3, -0.25) is 4.79 Å². The lowest BCUT2D eigenvalue weighted by Gasteiger charge is -2.53. The van der Waals surface area contributed by atoms with Gasteiger partial charge in [0.2, 0.25) is 5.91 Å². The fraction of sp³-hybridized carbons (Fsp3) is 0.682. The van der Waals surface area contributed by atoms with Crippen molar-refractivity contribution < 1.29 is 14.6 Å². The van der Waals surface area contributed by atoms with Crippen molar-refractivity contribution in [2.45, 2.75) is 59.1 Å². The van der Waals surface area contributed by atoms with E-state index < -0.39 is 0 Å². The average molecular weight is 357 g/mol. The molecule has 0 radical (unpaired) electrons. The number of phenolic OH excluding ortho intramolecular Hbond substituents is 1. The van der Waals surface area contributed by atoms with Gasteiger partial charge in [-0.25, -0.2) is 0 Å². The van der Waals surface area contributed by atoms with Gasteiger partial charge in [-0.15, -0.1) is 0 Å². The van der Waals surface area contributed by atoms with Crippen LogP contribution >= 0.6 is 0 Å². The van der Waals surface area contributed by atoms with E-state index in [1.807, 2.05) is 26.0 Å². The maximum Gasteiger partial charge on any atom is 0.222 e. The first kappa shape index (κ1) is 17.8. The second-order valence-electron chi connectivity index (χ2n) is 9.53. The Bertz CT molecular complexity index is 696. The molecule has 1 amide bonds. The van der Waals surface area contributed by atoms with Gasteiger partial charge in [-0.2, -0.15) is 0 Å². The van der Waals surface area contributed by atoms with Gasteiger partial charge >= 0.3 is 0 Å². The average Bonchev–Trinajstić information content (AvgIpc) is 3.08. The Balaban J connectivity index is 1.68. The largest absolute Gasteiger partial charge is 0.508 e. The molecule has 1 unspecified atom stereocenters. The summed E-state index contributed by atoms with van der Waals surface area (Å²) in [6.07, 6.45) is 3.43. The van der Waals surface area contributed by atoms with Crippen molar-refractivity contribution in [3.8, 4) is 5.75 Å². The lowest BCUT2D eigenvalue weighted by atomic mass is 9.58. The number of carbonyl (C=O) groups excluding carboxylic acids is 1. The van der Waals surface area contributed by atoms with E-state index in [-0.39, 0.29) is 40.6 Å². The summed E-state index contributed by atoms with van der Waals surface area (Å²) in [5.41, 5.74) is 1.39. The Morgan fingerprint density at radius 3 is 2.62 bits per heavy atom. The Morgan fingerprint density at radius 2 is 1.96 bits per heavy atom. The predicted octanol–water partition coefficient (Wildman–Crippen LogP) is 4.05. The summed E-state index contributed by atoms with van der Waals surface area (Å²) in [5, 5.41) is 13.1. The third-order valence-corrected chi connectivity index (χ3v) is 7.54. The molecule has 1 spiro atoms. The SMILES string of the molecule is CC(C)C(=O)N[C@H]1C(C)(C)[C@@H]2C[C@@H]3[C@@H](c4ccc(O)cc4)OCCC31C2. The summed E-state index contributed by atoms with van der Waals surface area (Å²) in [7, 11) is 0. The monoisotopic (exact) mass is 357 g/mol. The van der Waals surface area contributed by atoms with Crippen LogP contribution in [0.1, 0.15) is 58.6 Å². The van der Waals surface area contributed by atoms with E-state index in [0.717, 1.165) is 25.0 Å². The summed E-state index contributed by atoms with van der Waals surface area (Å²) in [5.74, 6) is 1.50. The number of benzene rings is 1. The minimum Gasteiger partial charge on any atom is -0.508 e. The highest BCUT2D eigenvalue weighted by Gasteiger charge is 2.68. The molecular weight excluding hydrogens is 326 g/mol. The zero-order valence-electron chi connectivity index (χ0n) is 16.3. The van der Waals surface area contributed by atoms with Gasteiger partial charge in [0.25, 0.3) is 0 Å². The third kappa shape index (κ3) is 2.49. The molecule has 4 heteroatoms. The van der Waals surface area contributed by atoms with Crippen LogP contribution in [-0.4, -0.2) is 23.7 Å². The maximum atomic E-state index is 12.6. The number of hydrogen-bond acceptors (Lipinski definition) is 3. The predicted molar refractivity (Wildman–Crippen MR) is 101 cm³/mol. The Hall–Kier alpha value is -1.55. The van der Waals surface area contributed by atoms with Gasteiger partial charge in [-0.1, -0.05) is 39.8 Å². The molecule has 4 rings (SSSR count). The molecule has 2 aliphatic carbocycles. The second kappa shape index (κ2) is 5.98. The van der Waals surface area contributed by atoms with Crippen LogP contribution < -0.4 is 5.32 Å². The number of aromatic hydroxyl groups is 1. The molecule has 1 aromatic rings. The van der Waals surface area contributed by atoms with Crippen LogP contribution in [0.15, 0.2) is 24.3 Å². The van der Waals surface area contributed by atoms with Gasteiger partial charge in [-0.05, 0) is 59.6 Å². The van der Waals surface area contributed by atoms with Crippen LogP contribution in [0.25, 0.3) is 0 Å². The molecule has 26 heavy (non-hydrogen) atoms. The molecule has 2 N–H and O–H groups in total. The standard InChI is InChI=1S/C22H31NO3/c1-13(2)19(25)23-20-21(3,4)15-11-17-18(14-5-7-16(24)8-6-14)26-10-9-22(17,20)12-15/h5-8,13,15,17-18,20,24H,9-12H2,1-4H3,(H,23,25)/t15-,17-,18-,20+,22?/m1/s1. The van der Waals surface area contributed by atoms with Gasteiger partial charge < -0.3 is 15.2 Å². The quantitative estimate of drug-likeness (QED) is 0.858. The summed E-state index contributed by atoms with van der Waals surface area (Å²) in [4.78, 5) is 12.6. The smallest absolute Gasteiger partial charge is 0.222 e. The molecule has 1 aliphatic heterocycles. The highest BCUT2D eigenvalue weighted by Crippen LogP contribution is 2.70. The fourth-order valence-electron chi connectivity index (χ4n) is 6.09. The third-order valence-electron chi connectivity index (χ3n) is 7.54. The first-order valence-corrected chi connectivity index (χ1v) is 9.96. The molecule has 1 aromatic carbocycles. The molecule has 2 bridgehead atoms. The molecule has 2 saturated carbocycles. The van der Waals surface area contributed by atoms with Gasteiger partial charge in [0.1, 0.15) is 5.75 Å². The number of carbonyl (C=O) groups is 1. The molecule has 3 fully saturated rings. The summed E-state index contributed by atoms with van der Waals surface area (Å²) >= 11 is 0. The van der Waals surface area contributed by atoms with Crippen molar-refractivity contribution in [1.82, 2.24) is 5.32 Å². The highest BCUT2D eigenvalue weighted by molar-refractivity contribution is 5.78. The summed E-state index contributed by atoms with van der Waals surface area (Å²) < 4.78 is 6.24. The Kier molecular flexibility index (Phi) is 4.11. The molecule has 3 aliphatic rings. The number of rotatable bonds is 3. The number of phenols is 1. The maximum absolute atomic E-state index is 12.6. The van der Waals surface area contributed by atoms with Crippen LogP contribution in [0.4, 0.5) is 0 Å². The normalized spacial score (nSPS) is 37.6. The van der Waals surface area contributed by atoms with E-state index in [1.54, 1.807) is 12.1 Å². The van der Waals surface area contributed by atoms with Crippen molar-refractivity contribution >= 4 is 5.91 Å². The fourth-order valence-corrected chi connectivity index (χ4v) is 6.09. The Morgan fingerprint density at radius 1 is 1.27 bits per heavy atom. The highest BCUT2D eigenvalue weighted by atomic mass is 16.5. The zero-order chi connectivity index (χ0) is 18.7. The van der Waals surface area contributed by atoms with Crippen LogP contribution in [0.5, 0.6) is 5.75 Å². The van der Waals surface area contributed by atoms with Crippen molar-refractivity contribution in [3.05, 3.63) is 29.8 Å². The van der Waals surface area contributed by atoms with Crippen LogP contribution in [0.3, 0.4) is 0 Å². The molecule has 4 nitrogen and oxygen atoms in total. The van der Waals surface area contributed by atoms with E-state index in [4.69, 9.17) is 4.74 Å². The van der Waals surface area contributed by atoms with Gasteiger partial charge in [0.15, 0.2) is 0 Å². The number of nitrogens with one attached hydrogen (secondary N) is 1. The van der Waals surface area contributed by atoms with Gasteiger partial charge in [0.05, 0.1) is 6.10 Å². The van der Waals surface area contributed by atoms with Crippen molar-refractivity contribution in [2.75, 3.05) is 6.61 Å². The van der Waals surface area contributed by atoms with E-state index in [9.17, 15) is 9.90 Å². The van der Waals surface area contributed by atoms with Crippen molar-refractivity contribution in [3.63, 3.8) is 0 Å². The summed E-state index contributed by atoms with van der Waals surface area (Å²) in [6.45, 7) is 9.33. The van der Waals surface area contributed by atoms with Gasteiger partial charge in [0, 0.05) is 18.6 Å². The molecule has 1 saturated heterocycles. The molecular formula is C22H31NO3. The molecule has 142 valence electrons. The van der Waals surface area contributed by atoms with E-state index in [0.29, 0.717) is 11.8 Å². The van der Waals surface area contributed by atoms with Crippen molar-refractivity contribution in [1.29, 1.82) is 0 Å². The number of hydrogen-bond donors (Lipinski definition) is 2. The topological polar surface area (TPSA) is 58.6 Å². The Labute approximate surface area is 156 Å². The number of fused-ring (bicyclic) bond motifs is 1. The first-order chi connectivity index (χ1) is 12.3. The van der Waals surface area contributed by atoms with E-state index >= 15 is 0 Å². The minimum atomic E-state index is 0.00696. The van der Waals surface area contributed by atoms with Crippen molar-refractivity contribution in [2.24, 2.45) is 28.6 Å². The summed E-state index contributed by atoms with van der Waals surface area (Å²) in [6, 6.07) is 7.66. The lowest BCUT2D eigenvalue weighted by molar-refractivity contribution is -0.139. The van der Waals surface area contributed by atoms with Crippen LogP contribution in [-0.2, 0) is 9.53 Å². The second-order valence-corrected chi connectivity index (χ2v) is 9.53. The minimum absolute atomic E-state index is 0.00696. The first-order valence-electron chi connectivity index (χ1n) is 9.96. The van der Waals surface area contributed by atoms with E-state index in [1.165, 1.54) is 6.42 Å². The van der Waals surface area contributed by atoms with Crippen LogP contribution in [0.2, 0.25) is 0 Å². The number of amides is 1. The lowest BCUT2D eigenvalue weighted by Crippen LogP contribution is -2.59. The zero-order valence-corrected chi connectivity index (χ0v) is 16.3. The van der Waals surface area contributed by atoms with E-state index in [2.05, 4.69) is 19.2 Å². The van der Waals surface area contributed by atoms with Crippen LogP contribution in [0, 0.1) is 28.6 Å². The molecule has 0 aromatic heterocycles. The molecule has 5 atom stereocenters. The number of ether oxygens (including phenoxy) is 1.